The molecule has 1 aromatic carbocycles. The van der Waals surface area contributed by atoms with Gasteiger partial charge in [0.05, 0.1) is 30.4 Å². The van der Waals surface area contributed by atoms with Gasteiger partial charge in [-0.1, -0.05) is 0 Å². The second-order valence-electron chi connectivity index (χ2n) is 6.19. The lowest BCUT2D eigenvalue weighted by molar-refractivity contribution is -0.250. The van der Waals surface area contributed by atoms with Crippen LogP contribution in [0.4, 0.5) is 22.0 Å². The van der Waals surface area contributed by atoms with Crippen molar-refractivity contribution in [3.63, 3.8) is 0 Å². The average molecular weight is 517 g/mol. The van der Waals surface area contributed by atoms with Gasteiger partial charge in [-0.25, -0.2) is 0 Å². The first kappa shape index (κ1) is 22.6. The summed E-state index contributed by atoms with van der Waals surface area (Å²) >= 11 is 4.02. The molecular formula is C17H15BrF5N2O2PS. The predicted molar refractivity (Wildman–Crippen MR) is 104 cm³/mol. The molecule has 0 N–H and O–H groups in total. The van der Waals surface area contributed by atoms with E-state index in [1.807, 2.05) is 6.07 Å². The second-order valence-corrected chi connectivity index (χ2v) is 9.23. The SMILES string of the molecule is N#CCc1cc(OCCCC(F)(F)F)c2sc(C(F)(F)N3OCCP3)c(Br)c2c1. The maximum atomic E-state index is 14.9. The van der Waals surface area contributed by atoms with Gasteiger partial charge in [-0.15, -0.1) is 16.2 Å². The Morgan fingerprint density at radius 1 is 1.31 bits per heavy atom. The van der Waals surface area contributed by atoms with E-state index in [2.05, 4.69) is 15.9 Å². The van der Waals surface area contributed by atoms with Crippen molar-refractivity contribution >= 4 is 46.1 Å². The van der Waals surface area contributed by atoms with Gasteiger partial charge in [-0.05, 0) is 48.8 Å². The van der Waals surface area contributed by atoms with E-state index in [9.17, 15) is 22.0 Å². The van der Waals surface area contributed by atoms with Gasteiger partial charge in [-0.2, -0.15) is 27.2 Å². The van der Waals surface area contributed by atoms with Crippen molar-refractivity contribution in [2.45, 2.75) is 31.5 Å². The van der Waals surface area contributed by atoms with Crippen molar-refractivity contribution in [3.8, 4) is 11.8 Å². The van der Waals surface area contributed by atoms with E-state index < -0.39 is 18.6 Å². The maximum Gasteiger partial charge on any atom is 0.389 e. The summed E-state index contributed by atoms with van der Waals surface area (Å²) in [5.41, 5.74) is 0.526. The molecule has 1 atom stereocenters. The van der Waals surface area contributed by atoms with Gasteiger partial charge < -0.3 is 4.74 Å². The minimum atomic E-state index is -4.29. The van der Waals surface area contributed by atoms with E-state index in [0.29, 0.717) is 26.6 Å². The molecule has 3 rings (SSSR count). The number of rotatable bonds is 7. The number of ether oxygens (including phenoxy) is 1. The number of thiophene rings is 1. The van der Waals surface area contributed by atoms with Crippen LogP contribution in [0.3, 0.4) is 0 Å². The summed E-state index contributed by atoms with van der Waals surface area (Å²) in [6.07, 6.45) is -5.03. The summed E-state index contributed by atoms with van der Waals surface area (Å²) in [5, 5.41) is 9.39. The van der Waals surface area contributed by atoms with E-state index in [1.165, 1.54) is 6.07 Å². The summed E-state index contributed by atoms with van der Waals surface area (Å²) in [6, 6.07) is 1.72. The molecule has 1 unspecified atom stereocenters. The smallest absolute Gasteiger partial charge is 0.389 e. The zero-order valence-corrected chi connectivity index (χ0v) is 18.2. The van der Waals surface area contributed by atoms with Crippen molar-refractivity contribution < 1.29 is 31.5 Å². The monoisotopic (exact) mass is 516 g/mol. The lowest BCUT2D eigenvalue weighted by Gasteiger charge is -2.24. The van der Waals surface area contributed by atoms with Crippen molar-refractivity contribution in [2.24, 2.45) is 0 Å². The molecule has 2 heterocycles. The van der Waals surface area contributed by atoms with Crippen molar-refractivity contribution in [2.75, 3.05) is 19.4 Å². The van der Waals surface area contributed by atoms with Crippen molar-refractivity contribution in [1.29, 1.82) is 5.26 Å². The standard InChI is InChI=1S/C17H15BrF5N2O2PS/c18-13-11-8-10(2-4-24)9-12(26-5-1-3-16(19,20)21)14(11)29-15(13)17(22,23)25-27-6-7-28-25/h8-9,28H,1-3,5-7H2. The molecule has 1 aliphatic rings. The van der Waals surface area contributed by atoms with E-state index >= 15 is 0 Å². The quantitative estimate of drug-likeness (QED) is 0.186. The summed E-state index contributed by atoms with van der Waals surface area (Å²) in [6.45, 7) is -0.00108. The van der Waals surface area contributed by atoms with Crippen LogP contribution in [0.25, 0.3) is 10.1 Å². The Morgan fingerprint density at radius 3 is 2.69 bits per heavy atom. The molecule has 4 nitrogen and oxygen atoms in total. The summed E-state index contributed by atoms with van der Waals surface area (Å²) in [5.74, 6) is 0.187. The summed E-state index contributed by atoms with van der Waals surface area (Å²) in [7, 11) is -0.184. The Labute approximate surface area is 177 Å². The highest BCUT2D eigenvalue weighted by Gasteiger charge is 2.46. The molecule has 29 heavy (non-hydrogen) atoms. The van der Waals surface area contributed by atoms with Crippen LogP contribution in [-0.4, -0.2) is 30.4 Å². The largest absolute Gasteiger partial charge is 0.492 e. The first-order chi connectivity index (χ1) is 13.6. The van der Waals surface area contributed by atoms with Crippen LogP contribution in [0.2, 0.25) is 0 Å². The fraction of sp³-hybridized carbons (Fsp3) is 0.471. The summed E-state index contributed by atoms with van der Waals surface area (Å²) < 4.78 is 72.9. The van der Waals surface area contributed by atoms with Crippen LogP contribution >= 0.6 is 36.0 Å². The molecule has 0 spiro atoms. The predicted octanol–water partition coefficient (Wildman–Crippen LogP) is 6.34. The molecule has 2 aromatic rings. The molecule has 0 bridgehead atoms. The Hall–Kier alpha value is -1.05. The molecule has 158 valence electrons. The third-order valence-corrected chi connectivity index (χ3v) is 7.50. The highest BCUT2D eigenvalue weighted by atomic mass is 79.9. The second kappa shape index (κ2) is 8.98. The van der Waals surface area contributed by atoms with Crippen LogP contribution in [0.15, 0.2) is 16.6 Å². The van der Waals surface area contributed by atoms with Crippen molar-refractivity contribution in [1.82, 2.24) is 4.83 Å². The molecule has 1 aromatic heterocycles. The van der Waals surface area contributed by atoms with E-state index in [0.717, 1.165) is 11.3 Å². The number of hydrogen-bond donors (Lipinski definition) is 0. The normalized spacial score (nSPS) is 16.6. The van der Waals surface area contributed by atoms with Crippen LogP contribution in [0.5, 0.6) is 5.75 Å². The van der Waals surface area contributed by atoms with Crippen LogP contribution in [0, 0.1) is 11.3 Å². The maximum absolute atomic E-state index is 14.9. The van der Waals surface area contributed by atoms with Gasteiger partial charge in [0.2, 0.25) is 0 Å². The average Bonchev–Trinajstić information content (AvgIpc) is 3.28. The van der Waals surface area contributed by atoms with E-state index in [1.54, 1.807) is 6.07 Å². The number of fused-ring (bicyclic) bond motifs is 1. The zero-order valence-electron chi connectivity index (χ0n) is 14.8. The number of halogens is 6. The summed E-state index contributed by atoms with van der Waals surface area (Å²) in [4.78, 5) is 5.40. The number of hydrogen-bond acceptors (Lipinski definition) is 5. The molecule has 0 amide bonds. The molecule has 1 aliphatic heterocycles. The zero-order chi connectivity index (χ0) is 21.2. The number of hydroxylamine groups is 1. The third kappa shape index (κ3) is 5.17. The fourth-order valence-electron chi connectivity index (χ4n) is 2.75. The molecular weight excluding hydrogens is 502 g/mol. The van der Waals surface area contributed by atoms with Gasteiger partial charge in [0, 0.05) is 22.4 Å². The number of benzene rings is 1. The topological polar surface area (TPSA) is 45.5 Å². The highest BCUT2D eigenvalue weighted by molar-refractivity contribution is 9.10. The van der Waals surface area contributed by atoms with Crippen LogP contribution in [0.1, 0.15) is 23.3 Å². The van der Waals surface area contributed by atoms with Crippen LogP contribution in [-0.2, 0) is 17.3 Å². The van der Waals surface area contributed by atoms with Gasteiger partial charge in [0.15, 0.2) is 0 Å². The van der Waals surface area contributed by atoms with Gasteiger partial charge in [0.25, 0.3) is 0 Å². The van der Waals surface area contributed by atoms with Gasteiger partial charge >= 0.3 is 12.2 Å². The van der Waals surface area contributed by atoms with Crippen LogP contribution < -0.4 is 4.74 Å². The minimum absolute atomic E-state index is 0.0134. The molecule has 1 saturated heterocycles. The van der Waals surface area contributed by atoms with Crippen molar-refractivity contribution in [3.05, 3.63) is 27.0 Å². The Bertz CT molecular complexity index is 925. The van der Waals surface area contributed by atoms with Gasteiger partial charge in [-0.3, -0.25) is 4.84 Å². The Morgan fingerprint density at radius 2 is 2.07 bits per heavy atom. The highest BCUT2D eigenvalue weighted by Crippen LogP contribution is 2.52. The Kier molecular flexibility index (Phi) is 7.01. The number of alkyl halides is 5. The van der Waals surface area contributed by atoms with E-state index in [-0.39, 0.29) is 49.9 Å². The molecule has 0 saturated carbocycles. The van der Waals surface area contributed by atoms with Gasteiger partial charge in [0.1, 0.15) is 10.6 Å². The fourth-order valence-corrected chi connectivity index (χ4v) is 5.73. The Balaban J connectivity index is 1.95. The molecule has 1 fully saturated rings. The van der Waals surface area contributed by atoms with E-state index in [4.69, 9.17) is 14.8 Å². The lowest BCUT2D eigenvalue weighted by atomic mass is 10.1. The number of nitrogens with zero attached hydrogens (tertiary/aromatic N) is 2. The molecule has 0 radical (unpaired) electrons. The minimum Gasteiger partial charge on any atom is -0.492 e. The molecule has 0 aliphatic carbocycles. The third-order valence-electron chi connectivity index (χ3n) is 4.01. The number of nitriles is 1. The first-order valence-corrected chi connectivity index (χ1v) is 11.3. The lowest BCUT2D eigenvalue weighted by Crippen LogP contribution is -2.29. The first-order valence-electron chi connectivity index (χ1n) is 8.50. The molecule has 12 heteroatoms.